The van der Waals surface area contributed by atoms with Gasteiger partial charge in [0.25, 0.3) is 23.3 Å². The number of ketones is 1. The maximum Gasteiger partial charge on any atom is 0.335 e. The Bertz CT molecular complexity index is 2140. The number of carboxylic acids is 1. The van der Waals surface area contributed by atoms with Crippen molar-refractivity contribution >= 4 is 64.2 Å². The molecule has 25 nitrogen and oxygen atoms in total. The first-order valence-corrected chi connectivity index (χ1v) is 21.6. The monoisotopic (exact) mass is 943 g/mol. The van der Waals surface area contributed by atoms with Crippen molar-refractivity contribution < 1.29 is 71.9 Å². The Labute approximate surface area is 384 Å². The van der Waals surface area contributed by atoms with Crippen molar-refractivity contribution in [1.29, 1.82) is 0 Å². The van der Waals surface area contributed by atoms with Crippen LogP contribution >= 0.6 is 0 Å². The summed E-state index contributed by atoms with van der Waals surface area (Å²) in [7, 11) is 0. The number of amides is 4. The Balaban J connectivity index is 0.899. The molecule has 0 radical (unpaired) electrons. The molecule has 3 aromatic rings. The van der Waals surface area contributed by atoms with Gasteiger partial charge in [0.2, 0.25) is 11.9 Å². The van der Waals surface area contributed by atoms with Crippen LogP contribution < -0.4 is 27.2 Å². The minimum atomic E-state index is -1.27. The van der Waals surface area contributed by atoms with Gasteiger partial charge in [-0.2, -0.15) is 4.98 Å². The molecule has 67 heavy (non-hydrogen) atoms. The predicted octanol–water partition coefficient (Wildman–Crippen LogP) is -0.177. The van der Waals surface area contributed by atoms with E-state index in [0.717, 1.165) is 0 Å². The molecule has 3 heterocycles. The van der Waals surface area contributed by atoms with E-state index in [1.807, 2.05) is 0 Å². The number of nitrogens with one attached hydrogen (secondary N) is 4. The number of hydroxylamine groups is 2. The van der Waals surface area contributed by atoms with E-state index in [0.29, 0.717) is 62.4 Å². The van der Waals surface area contributed by atoms with Crippen LogP contribution in [0, 0.1) is 0 Å². The van der Waals surface area contributed by atoms with E-state index in [9.17, 15) is 43.5 Å². The van der Waals surface area contributed by atoms with Gasteiger partial charge in [0.15, 0.2) is 11.2 Å². The Hall–Kier alpha value is -6.51. The van der Waals surface area contributed by atoms with Crippen molar-refractivity contribution in [2.45, 2.75) is 64.0 Å². The van der Waals surface area contributed by atoms with E-state index in [1.165, 1.54) is 18.3 Å². The summed E-state index contributed by atoms with van der Waals surface area (Å²) in [5.74, 6) is -4.10. The van der Waals surface area contributed by atoms with E-state index >= 15 is 0 Å². The number of carbonyl (C=O) groups is 7. The average molecular weight is 944 g/mol. The summed E-state index contributed by atoms with van der Waals surface area (Å²) in [5, 5.41) is 18.5. The van der Waals surface area contributed by atoms with Gasteiger partial charge in [0.1, 0.15) is 11.8 Å². The third kappa shape index (κ3) is 20.7. The summed E-state index contributed by atoms with van der Waals surface area (Å²) >= 11 is 0. The van der Waals surface area contributed by atoms with Gasteiger partial charge >= 0.3 is 11.9 Å². The van der Waals surface area contributed by atoms with Gasteiger partial charge in [0, 0.05) is 56.5 Å². The highest BCUT2D eigenvalue weighted by molar-refractivity contribution is 6.01. The molecule has 4 amide bonds. The number of ether oxygens (including phenoxy) is 6. The number of carboxylic acid groups (broad SMARTS) is 1. The molecule has 366 valence electrons. The number of aromatic nitrogens is 4. The minimum absolute atomic E-state index is 0.0315. The largest absolute Gasteiger partial charge is 0.480 e. The summed E-state index contributed by atoms with van der Waals surface area (Å²) in [5.41, 5.74) is 6.49. The second-order valence-electron chi connectivity index (χ2n) is 14.5. The zero-order chi connectivity index (χ0) is 48.2. The first-order chi connectivity index (χ1) is 32.4. The standard InChI is InChI=1S/C42H57N9O16/c43-42-49-38-37(40(58)50-42)47-30(27-46-38)26-45-29-5-3-28(4-6-29)39(57)48-32(41(59)60)8-7-31(52)2-1-14-61-18-21-64-17-13-44-33(53)11-15-62-19-22-65-24-25-66-23-20-63-16-12-36(56)67-51-34(54)9-10-35(51)55/h3-6,27,32,45H,1-2,7-26H2,(H,44,53)(H,48,57)(H,59,60)(H3,43,46,49,50,58)/t32-/m0/s1. The average Bonchev–Trinajstić information content (AvgIpc) is 3.62. The first kappa shape index (κ1) is 53.1. The molecule has 4 rings (SSSR count). The van der Waals surface area contributed by atoms with Gasteiger partial charge in [-0.25, -0.2) is 19.6 Å². The third-order valence-electron chi connectivity index (χ3n) is 9.35. The number of Topliss-reactive ketones (excluding diaryl/α,β-unsaturated/α-hetero) is 1. The predicted molar refractivity (Wildman–Crippen MR) is 233 cm³/mol. The molecule has 0 unspecified atom stereocenters. The topological polar surface area (TPSA) is 341 Å². The highest BCUT2D eigenvalue weighted by Gasteiger charge is 2.32. The fraction of sp³-hybridized carbons (Fsp3) is 0.548. The lowest BCUT2D eigenvalue weighted by Gasteiger charge is -2.14. The minimum Gasteiger partial charge on any atom is -0.480 e. The quantitative estimate of drug-likeness (QED) is 0.0329. The Morgan fingerprint density at radius 1 is 0.746 bits per heavy atom. The van der Waals surface area contributed by atoms with Crippen molar-refractivity contribution in [3.8, 4) is 0 Å². The normalized spacial score (nSPS) is 12.9. The number of rotatable bonds is 35. The summed E-state index contributed by atoms with van der Waals surface area (Å²) in [4.78, 5) is 115. The van der Waals surface area contributed by atoms with Gasteiger partial charge in [0.05, 0.1) is 97.5 Å². The summed E-state index contributed by atoms with van der Waals surface area (Å²) < 4.78 is 32.4. The van der Waals surface area contributed by atoms with Crippen LogP contribution in [0.15, 0.2) is 35.3 Å². The second kappa shape index (κ2) is 29.9. The number of hydrogen-bond donors (Lipinski definition) is 6. The van der Waals surface area contributed by atoms with Crippen molar-refractivity contribution in [1.82, 2.24) is 35.6 Å². The highest BCUT2D eigenvalue weighted by atomic mass is 16.7. The maximum atomic E-state index is 12.8. The van der Waals surface area contributed by atoms with E-state index in [-0.39, 0.29) is 132 Å². The number of benzene rings is 1. The lowest BCUT2D eigenvalue weighted by atomic mass is 10.1. The fourth-order valence-corrected chi connectivity index (χ4v) is 5.85. The Morgan fingerprint density at radius 3 is 1.99 bits per heavy atom. The van der Waals surface area contributed by atoms with Crippen LogP contribution in [0.3, 0.4) is 0 Å². The van der Waals surface area contributed by atoms with E-state index in [1.54, 1.807) is 12.1 Å². The summed E-state index contributed by atoms with van der Waals surface area (Å²) in [6.07, 6.45) is 2.07. The first-order valence-electron chi connectivity index (χ1n) is 21.6. The number of aromatic amines is 1. The van der Waals surface area contributed by atoms with E-state index in [4.69, 9.17) is 39.0 Å². The molecule has 0 saturated carbocycles. The molecule has 1 atom stereocenters. The maximum absolute atomic E-state index is 12.8. The Morgan fingerprint density at radius 2 is 1.34 bits per heavy atom. The number of anilines is 2. The molecular formula is C42H57N9O16. The van der Waals surface area contributed by atoms with E-state index in [2.05, 4.69) is 35.9 Å². The number of carbonyl (C=O) groups excluding carboxylic acids is 6. The third-order valence-corrected chi connectivity index (χ3v) is 9.35. The molecule has 0 aliphatic carbocycles. The summed E-state index contributed by atoms with van der Waals surface area (Å²) in [6.45, 7) is 3.73. The van der Waals surface area contributed by atoms with Crippen molar-refractivity contribution in [3.05, 3.63) is 52.1 Å². The smallest absolute Gasteiger partial charge is 0.335 e. The van der Waals surface area contributed by atoms with Crippen LogP contribution in [0.1, 0.15) is 67.4 Å². The molecular weight excluding hydrogens is 887 g/mol. The van der Waals surface area contributed by atoms with Gasteiger partial charge < -0.3 is 60.0 Å². The van der Waals surface area contributed by atoms with Gasteiger partial charge in [-0.3, -0.25) is 33.8 Å². The number of aliphatic carboxylic acids is 1. The molecule has 1 aliphatic rings. The molecule has 1 aromatic carbocycles. The van der Waals surface area contributed by atoms with Crippen LogP contribution in [0.2, 0.25) is 0 Å². The molecule has 1 saturated heterocycles. The number of nitrogen functional groups attached to an aromatic ring is 1. The molecule has 1 fully saturated rings. The van der Waals surface area contributed by atoms with Crippen molar-refractivity contribution in [3.63, 3.8) is 0 Å². The summed E-state index contributed by atoms with van der Waals surface area (Å²) in [6, 6.07) is 5.01. The molecule has 25 heteroatoms. The molecule has 7 N–H and O–H groups in total. The number of nitrogens with zero attached hydrogens (tertiary/aromatic N) is 4. The zero-order valence-electron chi connectivity index (χ0n) is 37.0. The highest BCUT2D eigenvalue weighted by Crippen LogP contribution is 2.14. The molecule has 0 spiro atoms. The molecule has 2 aromatic heterocycles. The second-order valence-corrected chi connectivity index (χ2v) is 14.5. The molecule has 0 bridgehead atoms. The van der Waals surface area contributed by atoms with Crippen molar-refractivity contribution in [2.75, 3.05) is 96.9 Å². The Kier molecular flexibility index (Phi) is 23.7. The fourth-order valence-electron chi connectivity index (χ4n) is 5.85. The van der Waals surface area contributed by atoms with Crippen LogP contribution in [0.4, 0.5) is 11.6 Å². The van der Waals surface area contributed by atoms with Crippen LogP contribution in [0.25, 0.3) is 11.2 Å². The van der Waals surface area contributed by atoms with Crippen LogP contribution in [-0.2, 0) is 68.6 Å². The lowest BCUT2D eigenvalue weighted by Crippen LogP contribution is -2.41. The van der Waals surface area contributed by atoms with E-state index < -0.39 is 41.3 Å². The number of H-pyrrole nitrogens is 1. The van der Waals surface area contributed by atoms with Gasteiger partial charge in [-0.05, 0) is 37.1 Å². The van der Waals surface area contributed by atoms with Gasteiger partial charge in [-0.15, -0.1) is 5.06 Å². The number of nitrogens with two attached hydrogens (primary N) is 1. The number of hydrogen-bond acceptors (Lipinski definition) is 20. The van der Waals surface area contributed by atoms with Crippen molar-refractivity contribution in [2.24, 2.45) is 0 Å². The van der Waals surface area contributed by atoms with Gasteiger partial charge in [-0.1, -0.05) is 0 Å². The zero-order valence-corrected chi connectivity index (χ0v) is 37.0. The number of imide groups is 1. The van der Waals surface area contributed by atoms with Crippen LogP contribution in [-0.4, -0.2) is 163 Å². The SMILES string of the molecule is Nc1nc2ncc(CNc3ccc(C(=O)N[C@@H](CCC(=O)CCCOCCOCCNC(=O)CCOCCOCCOCCOCCC(=O)ON4C(=O)CCC4=O)C(=O)O)cc3)nc2c(=O)[nH]1. The van der Waals surface area contributed by atoms with Crippen LogP contribution in [0.5, 0.6) is 0 Å². The number of fused-ring (bicyclic) bond motifs is 1. The lowest BCUT2D eigenvalue weighted by molar-refractivity contribution is -0.198. The molecule has 1 aliphatic heterocycles.